The Kier molecular flexibility index (Phi) is 5.00. The summed E-state index contributed by atoms with van der Waals surface area (Å²) in [7, 11) is 0. The van der Waals surface area contributed by atoms with Crippen molar-refractivity contribution in [3.63, 3.8) is 0 Å². The van der Waals surface area contributed by atoms with Crippen LogP contribution in [-0.4, -0.2) is 6.21 Å². The third-order valence-corrected chi connectivity index (χ3v) is 5.65. The Labute approximate surface area is 185 Å². The van der Waals surface area contributed by atoms with Crippen LogP contribution < -0.4 is 4.74 Å². The highest BCUT2D eigenvalue weighted by Gasteiger charge is 2.32. The summed E-state index contributed by atoms with van der Waals surface area (Å²) in [6.07, 6.45) is 1.72. The zero-order valence-electron chi connectivity index (χ0n) is 16.5. The van der Waals surface area contributed by atoms with E-state index in [4.69, 9.17) is 16.3 Å². The Hall–Kier alpha value is -3.87. The number of nitrogens with zero attached hydrogens (tertiary/aromatic N) is 2. The van der Waals surface area contributed by atoms with Gasteiger partial charge in [0.2, 0.25) is 5.88 Å². The van der Waals surface area contributed by atoms with Gasteiger partial charge in [0.05, 0.1) is 5.92 Å². The summed E-state index contributed by atoms with van der Waals surface area (Å²) < 4.78 is 6.28. The van der Waals surface area contributed by atoms with E-state index in [-0.39, 0.29) is 5.92 Å². The second-order valence-corrected chi connectivity index (χ2v) is 7.73. The number of fused-ring (bicyclic) bond motifs is 3. The average Bonchev–Trinajstić information content (AvgIpc) is 2.83. The van der Waals surface area contributed by atoms with Gasteiger partial charge >= 0.3 is 0 Å². The van der Waals surface area contributed by atoms with E-state index in [1.54, 1.807) is 6.21 Å². The number of halogens is 1. The molecule has 0 radical (unpaired) electrons. The van der Waals surface area contributed by atoms with Gasteiger partial charge in [-0.15, -0.1) is 0 Å². The molecule has 4 aromatic carbocycles. The number of nitriles is 1. The Bertz CT molecular complexity index is 1370. The molecule has 1 unspecified atom stereocenters. The molecule has 0 amide bonds. The van der Waals surface area contributed by atoms with Crippen LogP contribution in [0.3, 0.4) is 0 Å². The fourth-order valence-corrected chi connectivity index (χ4v) is 4.04. The first kappa shape index (κ1) is 19.1. The maximum atomic E-state index is 10.1. The second kappa shape index (κ2) is 8.10. The molecule has 4 heteroatoms. The Morgan fingerprint density at radius 1 is 0.871 bits per heavy atom. The van der Waals surface area contributed by atoms with Gasteiger partial charge < -0.3 is 4.74 Å². The lowest BCUT2D eigenvalue weighted by Crippen LogP contribution is -2.16. The molecule has 0 saturated heterocycles. The molecule has 31 heavy (non-hydrogen) atoms. The molecule has 5 rings (SSSR count). The van der Waals surface area contributed by atoms with E-state index in [0.29, 0.717) is 16.5 Å². The molecule has 1 atom stereocenters. The quantitative estimate of drug-likeness (QED) is 0.339. The van der Waals surface area contributed by atoms with Crippen molar-refractivity contribution >= 4 is 28.6 Å². The predicted octanol–water partition coefficient (Wildman–Crippen LogP) is 6.87. The fraction of sp³-hybridized carbons (Fsp3) is 0.0370. The van der Waals surface area contributed by atoms with Crippen LogP contribution in [-0.2, 0) is 0 Å². The maximum Gasteiger partial charge on any atom is 0.234 e. The smallest absolute Gasteiger partial charge is 0.234 e. The Morgan fingerprint density at radius 3 is 2.39 bits per heavy atom. The summed E-state index contributed by atoms with van der Waals surface area (Å²) in [4.78, 5) is 4.59. The first-order chi connectivity index (χ1) is 15.2. The van der Waals surface area contributed by atoms with Crippen molar-refractivity contribution in [2.24, 2.45) is 4.99 Å². The molecule has 1 aliphatic rings. The van der Waals surface area contributed by atoms with E-state index in [2.05, 4.69) is 17.1 Å². The standard InChI is InChI=1S/C27H17ClN2O/c28-21-13-10-20(11-14-21)25-23-15-12-19-8-4-5-9-22(19)26(23)31-27(24(25)16-29)30-17-18-6-2-1-3-7-18/h1-15,17,25H/b30-17+. The van der Waals surface area contributed by atoms with E-state index in [1.165, 1.54) is 0 Å². The van der Waals surface area contributed by atoms with Gasteiger partial charge in [0, 0.05) is 22.2 Å². The maximum absolute atomic E-state index is 10.1. The van der Waals surface area contributed by atoms with Gasteiger partial charge in [-0.05, 0) is 28.6 Å². The average molecular weight is 421 g/mol. The lowest BCUT2D eigenvalue weighted by Gasteiger charge is -2.27. The molecule has 0 N–H and O–H groups in total. The summed E-state index contributed by atoms with van der Waals surface area (Å²) in [5.74, 6) is 0.756. The van der Waals surface area contributed by atoms with E-state index in [1.807, 2.05) is 84.9 Å². The van der Waals surface area contributed by atoms with Crippen LogP contribution in [0.5, 0.6) is 5.75 Å². The molecule has 0 fully saturated rings. The minimum absolute atomic E-state index is 0.293. The lowest BCUT2D eigenvalue weighted by molar-refractivity contribution is 0.400. The van der Waals surface area contributed by atoms with Crippen LogP contribution in [0.4, 0.5) is 0 Å². The van der Waals surface area contributed by atoms with Crippen molar-refractivity contribution in [2.45, 2.75) is 5.92 Å². The van der Waals surface area contributed by atoms with Gasteiger partial charge in [0.15, 0.2) is 0 Å². The van der Waals surface area contributed by atoms with Crippen molar-refractivity contribution in [1.82, 2.24) is 0 Å². The number of hydrogen-bond donors (Lipinski definition) is 0. The Balaban J connectivity index is 1.72. The van der Waals surface area contributed by atoms with E-state index in [0.717, 1.165) is 33.2 Å². The number of hydrogen-bond acceptors (Lipinski definition) is 3. The third-order valence-electron chi connectivity index (χ3n) is 5.39. The second-order valence-electron chi connectivity index (χ2n) is 7.29. The zero-order valence-corrected chi connectivity index (χ0v) is 17.3. The monoisotopic (exact) mass is 420 g/mol. The van der Waals surface area contributed by atoms with Crippen molar-refractivity contribution < 1.29 is 4.74 Å². The number of allylic oxidation sites excluding steroid dienone is 1. The van der Waals surface area contributed by atoms with Crippen molar-refractivity contribution in [3.8, 4) is 11.8 Å². The highest BCUT2D eigenvalue weighted by Crippen LogP contribution is 2.46. The largest absolute Gasteiger partial charge is 0.437 e. The minimum Gasteiger partial charge on any atom is -0.437 e. The van der Waals surface area contributed by atoms with Crippen LogP contribution in [0, 0.1) is 11.3 Å². The molecule has 1 aliphatic heterocycles. The predicted molar refractivity (Wildman–Crippen MR) is 125 cm³/mol. The lowest BCUT2D eigenvalue weighted by atomic mass is 9.82. The van der Waals surface area contributed by atoms with E-state index < -0.39 is 0 Å². The summed E-state index contributed by atoms with van der Waals surface area (Å²) in [6, 6.07) is 31.9. The van der Waals surface area contributed by atoms with Gasteiger partial charge in [-0.3, -0.25) is 0 Å². The summed E-state index contributed by atoms with van der Waals surface area (Å²) in [6.45, 7) is 0. The summed E-state index contributed by atoms with van der Waals surface area (Å²) >= 11 is 6.12. The molecule has 148 valence electrons. The minimum atomic E-state index is -0.293. The van der Waals surface area contributed by atoms with Gasteiger partial charge in [0.1, 0.15) is 17.4 Å². The third kappa shape index (κ3) is 3.59. The van der Waals surface area contributed by atoms with Crippen LogP contribution >= 0.6 is 11.6 Å². The number of ether oxygens (including phenoxy) is 1. The molecule has 4 aromatic rings. The summed E-state index contributed by atoms with van der Waals surface area (Å²) in [5, 5.41) is 12.8. The number of rotatable bonds is 3. The fourth-order valence-electron chi connectivity index (χ4n) is 3.91. The number of aliphatic imine (C=N–C) groups is 1. The first-order valence-corrected chi connectivity index (χ1v) is 10.3. The van der Waals surface area contributed by atoms with Crippen molar-refractivity contribution in [2.75, 3.05) is 0 Å². The summed E-state index contributed by atoms with van der Waals surface area (Å²) in [5.41, 5.74) is 3.31. The van der Waals surface area contributed by atoms with Crippen molar-refractivity contribution in [3.05, 3.63) is 124 Å². The van der Waals surface area contributed by atoms with Gasteiger partial charge in [-0.1, -0.05) is 90.5 Å². The molecule has 0 aliphatic carbocycles. The highest BCUT2D eigenvalue weighted by atomic mass is 35.5. The Morgan fingerprint density at radius 2 is 1.61 bits per heavy atom. The van der Waals surface area contributed by atoms with E-state index in [9.17, 15) is 5.26 Å². The molecule has 0 saturated carbocycles. The first-order valence-electron chi connectivity index (χ1n) is 9.93. The molecule has 1 heterocycles. The molecular weight excluding hydrogens is 404 g/mol. The highest BCUT2D eigenvalue weighted by molar-refractivity contribution is 6.30. The molecule has 0 aromatic heterocycles. The zero-order chi connectivity index (χ0) is 21.2. The van der Waals surface area contributed by atoms with Crippen LogP contribution in [0.1, 0.15) is 22.6 Å². The topological polar surface area (TPSA) is 45.4 Å². The normalized spacial score (nSPS) is 15.5. The number of benzene rings is 4. The van der Waals surface area contributed by atoms with E-state index >= 15 is 0 Å². The molecule has 0 bridgehead atoms. The van der Waals surface area contributed by atoms with Gasteiger partial charge in [-0.25, -0.2) is 4.99 Å². The molecule has 0 spiro atoms. The molecule has 3 nitrogen and oxygen atoms in total. The van der Waals surface area contributed by atoms with Crippen LogP contribution in [0.15, 0.2) is 107 Å². The molecular formula is C27H17ClN2O. The van der Waals surface area contributed by atoms with Gasteiger partial charge in [-0.2, -0.15) is 5.26 Å². The van der Waals surface area contributed by atoms with Crippen LogP contribution in [0.2, 0.25) is 5.02 Å². The van der Waals surface area contributed by atoms with Crippen LogP contribution in [0.25, 0.3) is 10.8 Å². The van der Waals surface area contributed by atoms with Gasteiger partial charge in [0.25, 0.3) is 0 Å². The SMILES string of the molecule is N#CC1=C(/N=C/c2ccccc2)Oc2c(ccc3ccccc23)C1c1ccc(Cl)cc1. The van der Waals surface area contributed by atoms with Crippen molar-refractivity contribution in [1.29, 1.82) is 5.26 Å².